The maximum atomic E-state index is 13.8. The molecule has 0 radical (unpaired) electrons. The molecule has 0 aliphatic carbocycles. The molecule has 0 atom stereocenters. The topological polar surface area (TPSA) is 104 Å². The summed E-state index contributed by atoms with van der Waals surface area (Å²) in [6, 6.07) is 19.7. The SMILES string of the molecule is COC(=O)c1ccc(-c2ccc(S(=O)(=O)C3CCN(CCCN(C(=O)C4CCN(C(C)=O)CC4)c4ccc(C)c(Cl)c4)CC3)cc2)cc1. The molecule has 5 rings (SSSR count). The van der Waals surface area contributed by atoms with Gasteiger partial charge in [0.1, 0.15) is 0 Å². The van der Waals surface area contributed by atoms with Crippen LogP contribution < -0.4 is 4.90 Å². The Morgan fingerprint density at radius 3 is 2.04 bits per heavy atom. The van der Waals surface area contributed by atoms with E-state index in [0.717, 1.165) is 35.3 Å². The molecule has 2 amide bonds. The summed E-state index contributed by atoms with van der Waals surface area (Å²) in [5.74, 6) is -0.453. The first-order valence-corrected chi connectivity index (χ1v) is 18.5. The van der Waals surface area contributed by atoms with Crippen LogP contribution in [0.25, 0.3) is 11.1 Å². The van der Waals surface area contributed by atoms with Crippen LogP contribution >= 0.6 is 11.6 Å². The van der Waals surface area contributed by atoms with E-state index >= 15 is 0 Å². The van der Waals surface area contributed by atoms with Crippen molar-refractivity contribution in [1.29, 1.82) is 0 Å². The first-order valence-electron chi connectivity index (χ1n) is 16.6. The number of halogens is 1. The fraction of sp³-hybridized carbons (Fsp3) is 0.432. The summed E-state index contributed by atoms with van der Waals surface area (Å²) < 4.78 is 31.8. The first-order chi connectivity index (χ1) is 23.0. The van der Waals surface area contributed by atoms with Gasteiger partial charge in [-0.05, 0) is 112 Å². The van der Waals surface area contributed by atoms with E-state index in [1.165, 1.54) is 7.11 Å². The molecule has 0 spiro atoms. The summed E-state index contributed by atoms with van der Waals surface area (Å²) in [4.78, 5) is 43.5. The fourth-order valence-electron chi connectivity index (χ4n) is 6.62. The number of aryl methyl sites for hydroxylation is 1. The molecule has 2 saturated heterocycles. The minimum Gasteiger partial charge on any atom is -0.465 e. The Morgan fingerprint density at radius 2 is 1.48 bits per heavy atom. The molecule has 0 saturated carbocycles. The molecule has 3 aromatic carbocycles. The number of hydrogen-bond donors (Lipinski definition) is 0. The maximum Gasteiger partial charge on any atom is 0.337 e. The van der Waals surface area contributed by atoms with Crippen molar-refractivity contribution in [3.8, 4) is 11.1 Å². The Hall–Kier alpha value is -3.73. The molecule has 0 N–H and O–H groups in total. The third-order valence-corrected chi connectivity index (χ3v) is 12.4. The van der Waals surface area contributed by atoms with Gasteiger partial charge in [-0.15, -0.1) is 0 Å². The van der Waals surface area contributed by atoms with Gasteiger partial charge in [-0.1, -0.05) is 41.9 Å². The number of carbonyl (C=O) groups is 3. The molecule has 48 heavy (non-hydrogen) atoms. The standard InChI is InChI=1S/C37H44ClN3O6S/c1-26-5-12-32(25-35(26)38)41(36(43)30-15-23-40(24-16-30)27(2)42)20-4-19-39-21-17-34(18-22-39)48(45,46)33-13-10-29(11-14-33)28-6-8-31(9-7-28)37(44)47-3/h5-14,25,30,34H,4,15-24H2,1-3H3. The smallest absolute Gasteiger partial charge is 0.337 e. The third kappa shape index (κ3) is 8.28. The monoisotopic (exact) mass is 693 g/mol. The van der Waals surface area contributed by atoms with E-state index < -0.39 is 21.1 Å². The molecule has 2 heterocycles. The lowest BCUT2D eigenvalue weighted by Crippen LogP contribution is -2.45. The van der Waals surface area contributed by atoms with Crippen molar-refractivity contribution in [2.45, 2.75) is 56.1 Å². The van der Waals surface area contributed by atoms with Crippen molar-refractivity contribution < 1.29 is 27.5 Å². The lowest BCUT2D eigenvalue weighted by Gasteiger charge is -2.35. The van der Waals surface area contributed by atoms with E-state index in [4.69, 9.17) is 16.3 Å². The van der Waals surface area contributed by atoms with Gasteiger partial charge >= 0.3 is 5.97 Å². The minimum absolute atomic E-state index is 0.0402. The molecule has 2 aliphatic heterocycles. The first kappa shape index (κ1) is 35.6. The van der Waals surface area contributed by atoms with Crippen LogP contribution in [-0.2, 0) is 24.2 Å². The van der Waals surface area contributed by atoms with Crippen molar-refractivity contribution in [3.05, 3.63) is 82.9 Å². The highest BCUT2D eigenvalue weighted by Crippen LogP contribution is 2.30. The quantitative estimate of drug-likeness (QED) is 0.239. The van der Waals surface area contributed by atoms with Crippen LogP contribution in [0.15, 0.2) is 71.6 Å². The molecule has 0 bridgehead atoms. The summed E-state index contributed by atoms with van der Waals surface area (Å²) in [6.07, 6.45) is 3.11. The minimum atomic E-state index is -3.49. The number of ether oxygens (including phenoxy) is 1. The number of amides is 2. The van der Waals surface area contributed by atoms with E-state index in [-0.39, 0.29) is 17.7 Å². The van der Waals surface area contributed by atoms with Gasteiger partial charge in [0.15, 0.2) is 9.84 Å². The number of piperidine rings is 2. The van der Waals surface area contributed by atoms with Crippen LogP contribution in [0.5, 0.6) is 0 Å². The largest absolute Gasteiger partial charge is 0.465 e. The number of anilines is 1. The van der Waals surface area contributed by atoms with Gasteiger partial charge in [0.25, 0.3) is 0 Å². The molecule has 2 aliphatic rings. The number of methoxy groups -OCH3 is 1. The van der Waals surface area contributed by atoms with Gasteiger partial charge in [-0.2, -0.15) is 0 Å². The average Bonchev–Trinajstić information content (AvgIpc) is 3.11. The molecule has 256 valence electrons. The lowest BCUT2D eigenvalue weighted by atomic mass is 9.94. The molecule has 0 unspecified atom stereocenters. The normalized spacial score (nSPS) is 16.5. The number of likely N-dealkylation sites (tertiary alicyclic amines) is 2. The number of hydrogen-bond acceptors (Lipinski definition) is 7. The van der Waals surface area contributed by atoms with Crippen LogP contribution in [0.4, 0.5) is 5.69 Å². The Labute approximate surface area is 288 Å². The predicted octanol–water partition coefficient (Wildman–Crippen LogP) is 6.02. The molecule has 9 nitrogen and oxygen atoms in total. The number of esters is 1. The molecular formula is C37H44ClN3O6S. The summed E-state index contributed by atoms with van der Waals surface area (Å²) in [7, 11) is -2.16. The van der Waals surface area contributed by atoms with E-state index in [9.17, 15) is 22.8 Å². The van der Waals surface area contributed by atoms with Gasteiger partial charge in [-0.25, -0.2) is 13.2 Å². The number of rotatable bonds is 10. The highest BCUT2D eigenvalue weighted by atomic mass is 35.5. The summed E-state index contributed by atoms with van der Waals surface area (Å²) in [6.45, 7) is 7.29. The van der Waals surface area contributed by atoms with Crippen LogP contribution in [0.2, 0.25) is 5.02 Å². The van der Waals surface area contributed by atoms with Crippen LogP contribution in [-0.4, -0.2) is 87.6 Å². The van der Waals surface area contributed by atoms with Gasteiger partial charge in [0, 0.05) is 43.2 Å². The van der Waals surface area contributed by atoms with E-state index in [1.54, 1.807) is 48.2 Å². The zero-order valence-corrected chi connectivity index (χ0v) is 29.4. The third-order valence-electron chi connectivity index (χ3n) is 9.67. The molecule has 3 aromatic rings. The second-order valence-corrected chi connectivity index (χ2v) is 15.4. The Bertz CT molecular complexity index is 1710. The van der Waals surface area contributed by atoms with Crippen LogP contribution in [0, 0.1) is 12.8 Å². The van der Waals surface area contributed by atoms with Crippen molar-refractivity contribution in [3.63, 3.8) is 0 Å². The van der Waals surface area contributed by atoms with E-state index in [1.807, 2.05) is 42.2 Å². The van der Waals surface area contributed by atoms with Gasteiger partial charge in [-0.3, -0.25) is 9.59 Å². The predicted molar refractivity (Wildman–Crippen MR) is 188 cm³/mol. The Kier molecular flexibility index (Phi) is 11.6. The van der Waals surface area contributed by atoms with E-state index in [2.05, 4.69) is 4.90 Å². The van der Waals surface area contributed by atoms with Gasteiger partial charge in [0.05, 0.1) is 22.8 Å². The van der Waals surface area contributed by atoms with Gasteiger partial charge < -0.3 is 19.4 Å². The van der Waals surface area contributed by atoms with E-state index in [0.29, 0.717) is 73.9 Å². The summed E-state index contributed by atoms with van der Waals surface area (Å²) >= 11 is 6.45. The van der Waals surface area contributed by atoms with Crippen molar-refractivity contribution in [2.24, 2.45) is 5.92 Å². The number of sulfone groups is 1. The number of carbonyl (C=O) groups excluding carboxylic acids is 3. The Morgan fingerprint density at radius 1 is 0.875 bits per heavy atom. The zero-order valence-electron chi connectivity index (χ0n) is 27.9. The van der Waals surface area contributed by atoms with Crippen molar-refractivity contribution >= 4 is 44.9 Å². The number of benzene rings is 3. The van der Waals surface area contributed by atoms with Crippen molar-refractivity contribution in [1.82, 2.24) is 9.80 Å². The molecule has 0 aromatic heterocycles. The second-order valence-electron chi connectivity index (χ2n) is 12.7. The van der Waals surface area contributed by atoms with Gasteiger partial charge in [0.2, 0.25) is 11.8 Å². The van der Waals surface area contributed by atoms with Crippen LogP contribution in [0.1, 0.15) is 54.9 Å². The molecular weight excluding hydrogens is 650 g/mol. The van der Waals surface area contributed by atoms with Crippen molar-refractivity contribution in [2.75, 3.05) is 51.3 Å². The lowest BCUT2D eigenvalue weighted by molar-refractivity contribution is -0.133. The second kappa shape index (κ2) is 15.7. The highest BCUT2D eigenvalue weighted by molar-refractivity contribution is 7.92. The summed E-state index contributed by atoms with van der Waals surface area (Å²) in [5.41, 5.74) is 3.92. The molecule has 11 heteroatoms. The maximum absolute atomic E-state index is 13.8. The molecule has 2 fully saturated rings. The number of nitrogens with zero attached hydrogens (tertiary/aromatic N) is 3. The van der Waals surface area contributed by atoms with Crippen LogP contribution in [0.3, 0.4) is 0 Å². The fourth-order valence-corrected chi connectivity index (χ4v) is 8.53. The highest BCUT2D eigenvalue weighted by Gasteiger charge is 2.33. The zero-order chi connectivity index (χ0) is 34.4. The average molecular weight is 694 g/mol. The Balaban J connectivity index is 1.16. The summed E-state index contributed by atoms with van der Waals surface area (Å²) in [5, 5.41) is 0.163.